The Balaban J connectivity index is 2.04. The quantitative estimate of drug-likeness (QED) is 0.531. The van der Waals surface area contributed by atoms with Crippen molar-refractivity contribution in [1.82, 2.24) is 10.2 Å². The minimum Gasteiger partial charge on any atom is -0.277 e. The molecule has 2 aromatic heterocycles. The molecule has 0 bridgehead atoms. The molecule has 0 aliphatic heterocycles. The van der Waals surface area contributed by atoms with Gasteiger partial charge in [0.1, 0.15) is 0 Å². The summed E-state index contributed by atoms with van der Waals surface area (Å²) >= 11 is 1.82. The van der Waals surface area contributed by atoms with E-state index in [2.05, 4.69) is 58.7 Å². The number of nitrogens with zero attached hydrogens (tertiary/aromatic N) is 1. The fourth-order valence-corrected chi connectivity index (χ4v) is 3.38. The van der Waals surface area contributed by atoms with Gasteiger partial charge < -0.3 is 0 Å². The lowest BCUT2D eigenvalue weighted by Crippen LogP contribution is -1.75. The number of hydrogen-bond acceptors (Lipinski definition) is 2. The topological polar surface area (TPSA) is 28.7 Å². The third kappa shape index (κ3) is 1.38. The zero-order valence-electron chi connectivity index (χ0n) is 9.55. The molecular formula is C15H10N2S. The Hall–Kier alpha value is -2.13. The number of aromatic amines is 1. The van der Waals surface area contributed by atoms with Gasteiger partial charge >= 0.3 is 0 Å². The van der Waals surface area contributed by atoms with E-state index in [4.69, 9.17) is 0 Å². The maximum absolute atomic E-state index is 4.12. The molecule has 86 valence electrons. The molecule has 18 heavy (non-hydrogen) atoms. The Morgan fingerprint density at radius 2 is 1.83 bits per heavy atom. The number of para-hydroxylation sites is 1. The second-order valence-electron chi connectivity index (χ2n) is 4.29. The van der Waals surface area contributed by atoms with Gasteiger partial charge in [-0.15, -0.1) is 11.3 Å². The molecule has 0 saturated carbocycles. The van der Waals surface area contributed by atoms with Crippen LogP contribution in [0.25, 0.3) is 31.4 Å². The second kappa shape index (κ2) is 3.68. The molecule has 2 heterocycles. The van der Waals surface area contributed by atoms with Crippen molar-refractivity contribution in [2.75, 3.05) is 0 Å². The third-order valence-electron chi connectivity index (χ3n) is 3.17. The zero-order valence-corrected chi connectivity index (χ0v) is 10.4. The van der Waals surface area contributed by atoms with Gasteiger partial charge in [0.2, 0.25) is 0 Å². The van der Waals surface area contributed by atoms with Crippen molar-refractivity contribution in [3.05, 3.63) is 54.7 Å². The minimum atomic E-state index is 1.11. The Morgan fingerprint density at radius 1 is 0.944 bits per heavy atom. The fourth-order valence-electron chi connectivity index (χ4n) is 2.29. The summed E-state index contributed by atoms with van der Waals surface area (Å²) in [4.78, 5) is 1.28. The lowest BCUT2D eigenvalue weighted by molar-refractivity contribution is 1.12. The fraction of sp³-hybridized carbons (Fsp3) is 0. The van der Waals surface area contributed by atoms with Crippen LogP contribution in [-0.4, -0.2) is 10.2 Å². The number of aromatic nitrogens is 2. The van der Waals surface area contributed by atoms with Crippen molar-refractivity contribution in [2.45, 2.75) is 0 Å². The molecule has 0 saturated heterocycles. The van der Waals surface area contributed by atoms with E-state index in [0.717, 1.165) is 10.9 Å². The molecule has 4 aromatic rings. The van der Waals surface area contributed by atoms with E-state index >= 15 is 0 Å². The summed E-state index contributed by atoms with van der Waals surface area (Å²) in [6, 6.07) is 17.0. The zero-order chi connectivity index (χ0) is 11.9. The highest BCUT2D eigenvalue weighted by molar-refractivity contribution is 7.22. The lowest BCUT2D eigenvalue weighted by Gasteiger charge is -1.98. The molecule has 0 aliphatic carbocycles. The summed E-state index contributed by atoms with van der Waals surface area (Å²) in [6.45, 7) is 0. The maximum Gasteiger partial charge on any atom is 0.0736 e. The van der Waals surface area contributed by atoms with Crippen LogP contribution in [0.2, 0.25) is 0 Å². The van der Waals surface area contributed by atoms with Crippen molar-refractivity contribution in [2.24, 2.45) is 0 Å². The van der Waals surface area contributed by atoms with Crippen LogP contribution in [-0.2, 0) is 0 Å². The average molecular weight is 250 g/mol. The van der Waals surface area contributed by atoms with Gasteiger partial charge in [-0.05, 0) is 17.5 Å². The van der Waals surface area contributed by atoms with E-state index in [1.165, 1.54) is 20.5 Å². The first-order chi connectivity index (χ1) is 8.92. The van der Waals surface area contributed by atoms with Crippen LogP contribution in [0.3, 0.4) is 0 Å². The van der Waals surface area contributed by atoms with Gasteiger partial charge in [0, 0.05) is 20.5 Å². The molecule has 0 aliphatic rings. The van der Waals surface area contributed by atoms with Crippen molar-refractivity contribution in [3.8, 4) is 10.4 Å². The molecule has 2 aromatic carbocycles. The van der Waals surface area contributed by atoms with E-state index < -0.39 is 0 Å². The SMILES string of the molecule is c1ccc2sc(-c3cccc4cn[nH]c34)cc2c1. The van der Waals surface area contributed by atoms with Gasteiger partial charge in [-0.1, -0.05) is 36.4 Å². The van der Waals surface area contributed by atoms with E-state index in [9.17, 15) is 0 Å². The van der Waals surface area contributed by atoms with Crippen LogP contribution in [0.4, 0.5) is 0 Å². The molecule has 0 atom stereocenters. The number of thiophene rings is 1. The summed E-state index contributed by atoms with van der Waals surface area (Å²) in [5.74, 6) is 0. The minimum absolute atomic E-state index is 1.11. The van der Waals surface area contributed by atoms with Crippen LogP contribution in [0, 0.1) is 0 Å². The van der Waals surface area contributed by atoms with Gasteiger partial charge in [-0.3, -0.25) is 5.10 Å². The first-order valence-electron chi connectivity index (χ1n) is 5.83. The third-order valence-corrected chi connectivity index (χ3v) is 4.32. The molecule has 1 N–H and O–H groups in total. The van der Waals surface area contributed by atoms with Gasteiger partial charge in [0.05, 0.1) is 11.7 Å². The smallest absolute Gasteiger partial charge is 0.0736 e. The summed E-state index contributed by atoms with van der Waals surface area (Å²) in [5.41, 5.74) is 2.34. The predicted molar refractivity (Wildman–Crippen MR) is 76.9 cm³/mol. The number of benzene rings is 2. The van der Waals surface area contributed by atoms with E-state index in [0.29, 0.717) is 0 Å². The summed E-state index contributed by atoms with van der Waals surface area (Å²) < 4.78 is 1.32. The Labute approximate surface area is 108 Å². The number of H-pyrrole nitrogens is 1. The molecule has 0 unspecified atom stereocenters. The average Bonchev–Trinajstić information content (AvgIpc) is 3.04. The van der Waals surface area contributed by atoms with E-state index in [1.54, 1.807) is 0 Å². The van der Waals surface area contributed by atoms with E-state index in [1.807, 2.05) is 17.5 Å². The van der Waals surface area contributed by atoms with Gasteiger partial charge in [0.25, 0.3) is 0 Å². The Bertz CT molecular complexity index is 809. The molecule has 0 radical (unpaired) electrons. The highest BCUT2D eigenvalue weighted by Gasteiger charge is 2.08. The van der Waals surface area contributed by atoms with Crippen LogP contribution in [0.5, 0.6) is 0 Å². The first kappa shape index (κ1) is 9.85. The molecule has 0 spiro atoms. The summed E-state index contributed by atoms with van der Waals surface area (Å²) in [7, 11) is 0. The molecule has 4 rings (SSSR count). The van der Waals surface area contributed by atoms with Crippen molar-refractivity contribution in [1.29, 1.82) is 0 Å². The van der Waals surface area contributed by atoms with Crippen LogP contribution >= 0.6 is 11.3 Å². The molecule has 0 fully saturated rings. The normalized spacial score (nSPS) is 11.3. The summed E-state index contributed by atoms with van der Waals surface area (Å²) in [5, 5.41) is 9.67. The molecule has 3 heteroatoms. The largest absolute Gasteiger partial charge is 0.277 e. The highest BCUT2D eigenvalue weighted by Crippen LogP contribution is 2.36. The lowest BCUT2D eigenvalue weighted by atomic mass is 10.1. The van der Waals surface area contributed by atoms with Crippen LogP contribution in [0.1, 0.15) is 0 Å². The molecule has 0 amide bonds. The predicted octanol–water partition coefficient (Wildman–Crippen LogP) is 4.44. The number of nitrogens with one attached hydrogen (secondary N) is 1. The van der Waals surface area contributed by atoms with Crippen LogP contribution < -0.4 is 0 Å². The number of fused-ring (bicyclic) bond motifs is 2. The standard InChI is InChI=1S/C15H10N2S/c1-2-7-13-10(4-1)8-14(18-13)12-6-3-5-11-9-16-17-15(11)12/h1-9H,(H,16,17). The Kier molecular flexibility index (Phi) is 2.02. The molecule has 2 nitrogen and oxygen atoms in total. The highest BCUT2D eigenvalue weighted by atomic mass is 32.1. The summed E-state index contributed by atoms with van der Waals surface area (Å²) in [6.07, 6.45) is 1.87. The van der Waals surface area contributed by atoms with Crippen LogP contribution in [0.15, 0.2) is 54.7 Å². The molecular weight excluding hydrogens is 240 g/mol. The monoisotopic (exact) mass is 250 g/mol. The van der Waals surface area contributed by atoms with Crippen molar-refractivity contribution in [3.63, 3.8) is 0 Å². The number of rotatable bonds is 1. The van der Waals surface area contributed by atoms with Crippen molar-refractivity contribution < 1.29 is 0 Å². The van der Waals surface area contributed by atoms with Gasteiger partial charge in [0.15, 0.2) is 0 Å². The van der Waals surface area contributed by atoms with Gasteiger partial charge in [-0.25, -0.2) is 0 Å². The van der Waals surface area contributed by atoms with Gasteiger partial charge in [-0.2, -0.15) is 5.10 Å². The first-order valence-corrected chi connectivity index (χ1v) is 6.64. The Morgan fingerprint density at radius 3 is 2.78 bits per heavy atom. The van der Waals surface area contributed by atoms with Crippen molar-refractivity contribution >= 4 is 32.3 Å². The second-order valence-corrected chi connectivity index (χ2v) is 5.37. The maximum atomic E-state index is 4.12. The van der Waals surface area contributed by atoms with E-state index in [-0.39, 0.29) is 0 Å². The number of hydrogen-bond donors (Lipinski definition) is 1.